The topological polar surface area (TPSA) is 39.1 Å². The lowest BCUT2D eigenvalue weighted by Gasteiger charge is -2.18. The largest absolute Gasteiger partial charge is 0.493 e. The Kier molecular flexibility index (Phi) is 4.27. The van der Waals surface area contributed by atoms with E-state index in [2.05, 4.69) is 35.9 Å². The van der Waals surface area contributed by atoms with Crippen LogP contribution in [0.15, 0.2) is 6.20 Å². The zero-order chi connectivity index (χ0) is 13.1. The molecule has 0 spiro atoms. The maximum atomic E-state index is 5.43. The number of aromatic nitrogens is 2. The molecule has 1 saturated carbocycles. The highest BCUT2D eigenvalue weighted by Gasteiger charge is 2.22. The predicted octanol–water partition coefficient (Wildman–Crippen LogP) is 2.72. The van der Waals surface area contributed by atoms with Crippen molar-refractivity contribution in [2.75, 3.05) is 13.7 Å². The van der Waals surface area contributed by atoms with Crippen molar-refractivity contribution >= 4 is 0 Å². The summed E-state index contributed by atoms with van der Waals surface area (Å²) in [7, 11) is 1.72. The van der Waals surface area contributed by atoms with Gasteiger partial charge in [0.15, 0.2) is 5.75 Å². The summed E-state index contributed by atoms with van der Waals surface area (Å²) in [5.41, 5.74) is 1.23. The van der Waals surface area contributed by atoms with Crippen LogP contribution in [0.5, 0.6) is 5.75 Å². The second-order valence-electron chi connectivity index (χ2n) is 5.55. The van der Waals surface area contributed by atoms with Gasteiger partial charge in [0, 0.05) is 18.0 Å². The van der Waals surface area contributed by atoms with E-state index in [4.69, 9.17) is 4.74 Å². The van der Waals surface area contributed by atoms with Crippen LogP contribution in [0, 0.1) is 0 Å². The number of nitrogens with zero attached hydrogens (tertiary/aromatic N) is 2. The predicted molar refractivity (Wildman–Crippen MR) is 73.2 cm³/mol. The van der Waals surface area contributed by atoms with Gasteiger partial charge in [0.05, 0.1) is 19.0 Å². The molecule has 1 heterocycles. The summed E-state index contributed by atoms with van der Waals surface area (Å²) in [6.45, 7) is 7.65. The van der Waals surface area contributed by atoms with Crippen LogP contribution in [0.25, 0.3) is 0 Å². The third-order valence-corrected chi connectivity index (χ3v) is 3.56. The van der Waals surface area contributed by atoms with E-state index in [1.807, 2.05) is 6.20 Å². The van der Waals surface area contributed by atoms with Gasteiger partial charge in [-0.2, -0.15) is 5.10 Å². The van der Waals surface area contributed by atoms with Crippen LogP contribution in [-0.2, 0) is 0 Å². The van der Waals surface area contributed by atoms with E-state index in [9.17, 15) is 0 Å². The summed E-state index contributed by atoms with van der Waals surface area (Å²) in [5, 5.41) is 8.00. The summed E-state index contributed by atoms with van der Waals surface area (Å²) in [6, 6.07) is 1.16. The lowest BCUT2D eigenvalue weighted by molar-refractivity contribution is 0.395. The van der Waals surface area contributed by atoms with Gasteiger partial charge in [0.25, 0.3) is 0 Å². The van der Waals surface area contributed by atoms with E-state index in [0.29, 0.717) is 12.0 Å². The quantitative estimate of drug-likeness (QED) is 0.810. The Hall–Kier alpha value is -1.03. The van der Waals surface area contributed by atoms with Crippen LogP contribution < -0.4 is 10.1 Å². The van der Waals surface area contributed by atoms with E-state index in [-0.39, 0.29) is 0 Å². The Morgan fingerprint density at radius 2 is 2.17 bits per heavy atom. The fraction of sp³-hybridized carbons (Fsp3) is 0.786. The van der Waals surface area contributed by atoms with Crippen molar-refractivity contribution in [2.45, 2.75) is 58.0 Å². The van der Waals surface area contributed by atoms with Crippen molar-refractivity contribution in [3.8, 4) is 5.75 Å². The van der Waals surface area contributed by atoms with Crippen LogP contribution in [0.4, 0.5) is 0 Å². The van der Waals surface area contributed by atoms with Gasteiger partial charge in [0.1, 0.15) is 0 Å². The standard InChI is InChI=1S/C14H25N3O/c1-10(2)17-14(13(18-4)9-16-17)11(3)7-8-15-12-5-6-12/h9-12,15H,5-8H2,1-4H3. The Balaban J connectivity index is 2.01. The highest BCUT2D eigenvalue weighted by atomic mass is 16.5. The van der Waals surface area contributed by atoms with Crippen molar-refractivity contribution in [2.24, 2.45) is 0 Å². The lowest BCUT2D eigenvalue weighted by atomic mass is 10.0. The molecule has 0 radical (unpaired) electrons. The summed E-state index contributed by atoms with van der Waals surface area (Å²) in [6.07, 6.45) is 5.66. The molecule has 1 unspecified atom stereocenters. The van der Waals surface area contributed by atoms with Gasteiger partial charge in [-0.25, -0.2) is 0 Å². The van der Waals surface area contributed by atoms with Gasteiger partial charge in [-0.3, -0.25) is 4.68 Å². The van der Waals surface area contributed by atoms with E-state index < -0.39 is 0 Å². The molecule has 0 aliphatic heterocycles. The normalized spacial score (nSPS) is 17.2. The van der Waals surface area contributed by atoms with Crippen molar-refractivity contribution in [3.05, 3.63) is 11.9 Å². The number of methoxy groups -OCH3 is 1. The fourth-order valence-corrected chi connectivity index (χ4v) is 2.32. The number of rotatable bonds is 7. The van der Waals surface area contributed by atoms with Crippen molar-refractivity contribution in [1.82, 2.24) is 15.1 Å². The molecule has 0 amide bonds. The highest BCUT2D eigenvalue weighted by Crippen LogP contribution is 2.30. The minimum absolute atomic E-state index is 0.378. The molecule has 1 aliphatic carbocycles. The third-order valence-electron chi connectivity index (χ3n) is 3.56. The summed E-state index contributed by atoms with van der Waals surface area (Å²) >= 11 is 0. The average molecular weight is 251 g/mol. The van der Waals surface area contributed by atoms with Gasteiger partial charge in [-0.1, -0.05) is 6.92 Å². The Morgan fingerprint density at radius 3 is 2.72 bits per heavy atom. The molecule has 4 nitrogen and oxygen atoms in total. The van der Waals surface area contributed by atoms with Gasteiger partial charge in [0.2, 0.25) is 0 Å². The van der Waals surface area contributed by atoms with Gasteiger partial charge < -0.3 is 10.1 Å². The zero-order valence-corrected chi connectivity index (χ0v) is 11.9. The highest BCUT2D eigenvalue weighted by molar-refractivity contribution is 5.28. The van der Waals surface area contributed by atoms with Crippen molar-refractivity contribution in [1.29, 1.82) is 0 Å². The number of hydrogen-bond acceptors (Lipinski definition) is 3. The lowest BCUT2D eigenvalue weighted by Crippen LogP contribution is -2.20. The Morgan fingerprint density at radius 1 is 1.44 bits per heavy atom. The molecule has 0 bridgehead atoms. The average Bonchev–Trinajstić information content (AvgIpc) is 3.05. The Bertz CT molecular complexity index is 382. The molecular formula is C14H25N3O. The first kappa shape index (κ1) is 13.4. The number of hydrogen-bond donors (Lipinski definition) is 1. The molecule has 2 rings (SSSR count). The second-order valence-corrected chi connectivity index (χ2v) is 5.55. The summed E-state index contributed by atoms with van der Waals surface area (Å²) < 4.78 is 7.52. The SMILES string of the molecule is COc1cnn(C(C)C)c1C(C)CCNC1CC1. The molecule has 4 heteroatoms. The van der Waals surface area contributed by atoms with Gasteiger partial charge in [-0.15, -0.1) is 0 Å². The molecule has 102 valence electrons. The number of ether oxygens (including phenoxy) is 1. The van der Waals surface area contributed by atoms with Gasteiger partial charge in [-0.05, 0) is 39.7 Å². The fourth-order valence-electron chi connectivity index (χ4n) is 2.32. The molecule has 0 aromatic carbocycles. The summed E-state index contributed by atoms with van der Waals surface area (Å²) in [4.78, 5) is 0. The van der Waals surface area contributed by atoms with Crippen molar-refractivity contribution < 1.29 is 4.74 Å². The first-order valence-corrected chi connectivity index (χ1v) is 6.98. The molecule has 0 saturated heterocycles. The summed E-state index contributed by atoms with van der Waals surface area (Å²) in [5.74, 6) is 1.39. The van der Waals surface area contributed by atoms with E-state index in [0.717, 1.165) is 24.8 Å². The molecule has 1 N–H and O–H groups in total. The maximum absolute atomic E-state index is 5.43. The third kappa shape index (κ3) is 3.05. The maximum Gasteiger partial charge on any atom is 0.160 e. The first-order chi connectivity index (χ1) is 8.63. The minimum atomic E-state index is 0.378. The molecule has 1 atom stereocenters. The van der Waals surface area contributed by atoms with Crippen LogP contribution in [0.2, 0.25) is 0 Å². The molecule has 1 aromatic rings. The van der Waals surface area contributed by atoms with Crippen LogP contribution >= 0.6 is 0 Å². The monoisotopic (exact) mass is 251 g/mol. The van der Waals surface area contributed by atoms with Crippen LogP contribution in [-0.4, -0.2) is 29.5 Å². The zero-order valence-electron chi connectivity index (χ0n) is 11.9. The number of nitrogens with one attached hydrogen (secondary N) is 1. The van der Waals surface area contributed by atoms with E-state index in [1.54, 1.807) is 7.11 Å². The molecule has 1 fully saturated rings. The first-order valence-electron chi connectivity index (χ1n) is 6.98. The molecular weight excluding hydrogens is 226 g/mol. The molecule has 18 heavy (non-hydrogen) atoms. The van der Waals surface area contributed by atoms with E-state index >= 15 is 0 Å². The smallest absolute Gasteiger partial charge is 0.160 e. The van der Waals surface area contributed by atoms with Crippen LogP contribution in [0.1, 0.15) is 57.7 Å². The second kappa shape index (κ2) is 5.74. The van der Waals surface area contributed by atoms with Crippen molar-refractivity contribution in [3.63, 3.8) is 0 Å². The Labute approximate surface area is 110 Å². The minimum Gasteiger partial charge on any atom is -0.493 e. The van der Waals surface area contributed by atoms with Gasteiger partial charge >= 0.3 is 0 Å². The molecule has 1 aliphatic rings. The molecule has 1 aromatic heterocycles. The van der Waals surface area contributed by atoms with Crippen LogP contribution in [0.3, 0.4) is 0 Å². The van der Waals surface area contributed by atoms with E-state index in [1.165, 1.54) is 18.5 Å².